The number of benzene rings is 1. The number of para-hydroxylation sites is 1. The molecule has 0 amide bonds. The first-order valence-corrected chi connectivity index (χ1v) is 6.81. The zero-order valence-corrected chi connectivity index (χ0v) is 11.2. The van der Waals surface area contributed by atoms with Crippen LogP contribution in [0.5, 0.6) is 5.75 Å². The maximum Gasteiger partial charge on any atom is 0.165 e. The summed E-state index contributed by atoms with van der Waals surface area (Å²) in [4.78, 5) is 0. The maximum absolute atomic E-state index is 13.8. The highest BCUT2D eigenvalue weighted by Gasteiger charge is 2.18. The maximum atomic E-state index is 13.8. The van der Waals surface area contributed by atoms with Crippen LogP contribution in [0.4, 0.5) is 4.39 Å². The monoisotopic (exact) mass is 251 g/mol. The van der Waals surface area contributed by atoms with Crippen molar-refractivity contribution in [1.29, 1.82) is 0 Å². The minimum absolute atomic E-state index is 0.0967. The van der Waals surface area contributed by atoms with Crippen LogP contribution < -0.4 is 10.1 Å². The lowest BCUT2D eigenvalue weighted by Gasteiger charge is -2.25. The van der Waals surface area contributed by atoms with Crippen LogP contribution in [-0.4, -0.2) is 13.7 Å². The molecule has 0 aliphatic heterocycles. The normalized spacial score (nSPS) is 17.3. The quantitative estimate of drug-likeness (QED) is 0.832. The van der Waals surface area contributed by atoms with E-state index in [2.05, 4.69) is 5.32 Å². The molecule has 2 rings (SSSR count). The second kappa shape index (κ2) is 6.19. The number of ether oxygens (including phenoxy) is 1. The van der Waals surface area contributed by atoms with Gasteiger partial charge in [0.1, 0.15) is 0 Å². The molecule has 1 N–H and O–H groups in total. The van der Waals surface area contributed by atoms with Gasteiger partial charge in [-0.05, 0) is 32.4 Å². The first-order valence-electron chi connectivity index (χ1n) is 6.81. The molecule has 1 aromatic rings. The Morgan fingerprint density at radius 2 is 2.22 bits per heavy atom. The molecule has 2 nitrogen and oxygen atoms in total. The van der Waals surface area contributed by atoms with Crippen molar-refractivity contribution in [3.8, 4) is 5.75 Å². The molecule has 0 saturated heterocycles. The summed E-state index contributed by atoms with van der Waals surface area (Å²) in [7, 11) is 1.87. The number of halogens is 1. The first-order chi connectivity index (χ1) is 8.72. The van der Waals surface area contributed by atoms with E-state index in [4.69, 9.17) is 4.74 Å². The molecule has 0 bridgehead atoms. The molecule has 1 fully saturated rings. The first kappa shape index (κ1) is 13.3. The van der Waals surface area contributed by atoms with Crippen molar-refractivity contribution in [2.75, 3.05) is 13.7 Å². The van der Waals surface area contributed by atoms with Crippen LogP contribution in [0.25, 0.3) is 0 Å². The minimum Gasteiger partial charge on any atom is -0.490 e. The Bertz CT molecular complexity index is 390. The summed E-state index contributed by atoms with van der Waals surface area (Å²) < 4.78 is 19.5. The summed E-state index contributed by atoms with van der Waals surface area (Å²) >= 11 is 0. The molecule has 100 valence electrons. The van der Waals surface area contributed by atoms with Gasteiger partial charge in [-0.2, -0.15) is 0 Å². The fourth-order valence-electron chi connectivity index (χ4n) is 2.28. The van der Waals surface area contributed by atoms with E-state index in [-0.39, 0.29) is 11.9 Å². The predicted octanol–water partition coefficient (Wildman–Crippen LogP) is 3.68. The van der Waals surface area contributed by atoms with Crippen LogP contribution in [0.1, 0.15) is 44.2 Å². The van der Waals surface area contributed by atoms with Gasteiger partial charge < -0.3 is 10.1 Å². The van der Waals surface area contributed by atoms with Crippen LogP contribution in [0.3, 0.4) is 0 Å². The second-order valence-electron chi connectivity index (χ2n) is 5.10. The van der Waals surface area contributed by atoms with Gasteiger partial charge >= 0.3 is 0 Å². The van der Waals surface area contributed by atoms with Crippen molar-refractivity contribution in [3.63, 3.8) is 0 Å². The fraction of sp³-hybridized carbons (Fsp3) is 0.600. The summed E-state index contributed by atoms with van der Waals surface area (Å²) in [6.07, 6.45) is 4.99. The average Bonchev–Trinajstić information content (AvgIpc) is 2.32. The van der Waals surface area contributed by atoms with E-state index >= 15 is 0 Å². The third-order valence-corrected chi connectivity index (χ3v) is 3.89. The van der Waals surface area contributed by atoms with E-state index in [1.54, 1.807) is 6.07 Å². The molecule has 1 aromatic carbocycles. The van der Waals surface area contributed by atoms with Gasteiger partial charge in [0.2, 0.25) is 0 Å². The molecular formula is C15H22FNO. The van der Waals surface area contributed by atoms with E-state index in [1.165, 1.54) is 25.3 Å². The Kier molecular flexibility index (Phi) is 4.59. The van der Waals surface area contributed by atoms with Gasteiger partial charge in [0.15, 0.2) is 11.6 Å². The lowest BCUT2D eigenvalue weighted by Crippen LogP contribution is -2.17. The SMILES string of the molecule is CNC(C)c1cccc(F)c1OCCC1CCC1. The highest BCUT2D eigenvalue weighted by Crippen LogP contribution is 2.31. The van der Waals surface area contributed by atoms with Crippen LogP contribution in [0, 0.1) is 11.7 Å². The van der Waals surface area contributed by atoms with Crippen molar-refractivity contribution in [2.45, 2.75) is 38.6 Å². The molecule has 0 heterocycles. The van der Waals surface area contributed by atoms with Crippen molar-refractivity contribution in [3.05, 3.63) is 29.6 Å². The smallest absolute Gasteiger partial charge is 0.165 e. The molecule has 0 spiro atoms. The van der Waals surface area contributed by atoms with Gasteiger partial charge in [-0.15, -0.1) is 0 Å². The third kappa shape index (κ3) is 3.02. The van der Waals surface area contributed by atoms with Crippen LogP contribution >= 0.6 is 0 Å². The topological polar surface area (TPSA) is 21.3 Å². The minimum atomic E-state index is -0.261. The Labute approximate surface area is 109 Å². The summed E-state index contributed by atoms with van der Waals surface area (Å²) in [5.74, 6) is 0.948. The summed E-state index contributed by atoms with van der Waals surface area (Å²) in [5, 5.41) is 3.12. The summed E-state index contributed by atoms with van der Waals surface area (Å²) in [5.41, 5.74) is 0.895. The Hall–Kier alpha value is -1.09. The summed E-state index contributed by atoms with van der Waals surface area (Å²) in [6, 6.07) is 5.21. The third-order valence-electron chi connectivity index (χ3n) is 3.89. The molecular weight excluding hydrogens is 229 g/mol. The van der Waals surface area contributed by atoms with E-state index in [1.807, 2.05) is 20.0 Å². The molecule has 0 aromatic heterocycles. The van der Waals surface area contributed by atoms with E-state index < -0.39 is 0 Å². The predicted molar refractivity (Wildman–Crippen MR) is 71.3 cm³/mol. The van der Waals surface area contributed by atoms with Crippen molar-refractivity contribution >= 4 is 0 Å². The molecule has 0 radical (unpaired) electrons. The van der Waals surface area contributed by atoms with Crippen molar-refractivity contribution in [1.82, 2.24) is 5.32 Å². The van der Waals surface area contributed by atoms with Gasteiger partial charge in [-0.1, -0.05) is 31.4 Å². The Morgan fingerprint density at radius 1 is 1.44 bits per heavy atom. The van der Waals surface area contributed by atoms with E-state index in [9.17, 15) is 4.39 Å². The zero-order valence-electron chi connectivity index (χ0n) is 11.2. The molecule has 1 aliphatic rings. The largest absolute Gasteiger partial charge is 0.490 e. The van der Waals surface area contributed by atoms with Gasteiger partial charge in [0.25, 0.3) is 0 Å². The number of nitrogens with one attached hydrogen (secondary N) is 1. The fourth-order valence-corrected chi connectivity index (χ4v) is 2.28. The van der Waals surface area contributed by atoms with Gasteiger partial charge in [-0.3, -0.25) is 0 Å². The molecule has 18 heavy (non-hydrogen) atoms. The van der Waals surface area contributed by atoms with Gasteiger partial charge in [-0.25, -0.2) is 4.39 Å². The van der Waals surface area contributed by atoms with Crippen molar-refractivity contribution < 1.29 is 9.13 Å². The lowest BCUT2D eigenvalue weighted by molar-refractivity contribution is 0.214. The molecule has 1 unspecified atom stereocenters. The van der Waals surface area contributed by atoms with Crippen LogP contribution in [-0.2, 0) is 0 Å². The van der Waals surface area contributed by atoms with Gasteiger partial charge in [0.05, 0.1) is 6.61 Å². The second-order valence-corrected chi connectivity index (χ2v) is 5.10. The number of rotatable bonds is 6. The molecule has 1 atom stereocenters. The Balaban J connectivity index is 1.99. The van der Waals surface area contributed by atoms with Gasteiger partial charge in [0, 0.05) is 11.6 Å². The van der Waals surface area contributed by atoms with Crippen LogP contribution in [0.15, 0.2) is 18.2 Å². The lowest BCUT2D eigenvalue weighted by atomic mass is 9.83. The van der Waals surface area contributed by atoms with E-state index in [0.717, 1.165) is 17.9 Å². The highest BCUT2D eigenvalue weighted by atomic mass is 19.1. The summed E-state index contributed by atoms with van der Waals surface area (Å²) in [6.45, 7) is 2.63. The van der Waals surface area contributed by atoms with Crippen molar-refractivity contribution in [2.24, 2.45) is 5.92 Å². The number of hydrogen-bond donors (Lipinski definition) is 1. The standard InChI is InChI=1S/C15H22FNO/c1-11(17-2)13-7-4-8-14(16)15(13)18-10-9-12-5-3-6-12/h4,7-8,11-12,17H,3,5-6,9-10H2,1-2H3. The Morgan fingerprint density at radius 3 is 2.83 bits per heavy atom. The average molecular weight is 251 g/mol. The van der Waals surface area contributed by atoms with E-state index in [0.29, 0.717) is 12.4 Å². The number of hydrogen-bond acceptors (Lipinski definition) is 2. The molecule has 1 aliphatic carbocycles. The zero-order chi connectivity index (χ0) is 13.0. The molecule has 1 saturated carbocycles. The highest BCUT2D eigenvalue weighted by molar-refractivity contribution is 5.37. The van der Waals surface area contributed by atoms with Crippen LogP contribution in [0.2, 0.25) is 0 Å². The molecule has 3 heteroatoms.